The molecule has 29 heavy (non-hydrogen) atoms. The number of aromatic nitrogens is 3. The Morgan fingerprint density at radius 2 is 2.07 bits per heavy atom. The van der Waals surface area contributed by atoms with Crippen LogP contribution in [0.25, 0.3) is 5.69 Å². The Morgan fingerprint density at radius 3 is 2.83 bits per heavy atom. The standard InChI is InChI=1S/C22H20N4O2S/c1-15-10-19(16(2)26(15)18-6-5-9-23-11-18)22(27)25-20-7-3-4-8-21(20)28-12-17-13-29-14-24-17/h3-11,13-14H,12H2,1-2H3,(H,25,27). The number of hydrogen-bond donors (Lipinski definition) is 1. The maximum absolute atomic E-state index is 13.0. The molecule has 0 radical (unpaired) electrons. The van der Waals surface area contributed by atoms with Crippen LogP contribution in [0.4, 0.5) is 5.69 Å². The molecule has 0 bridgehead atoms. The summed E-state index contributed by atoms with van der Waals surface area (Å²) < 4.78 is 7.88. The molecule has 1 N–H and O–H groups in total. The van der Waals surface area contributed by atoms with Gasteiger partial charge in [0, 0.05) is 23.0 Å². The zero-order valence-electron chi connectivity index (χ0n) is 16.1. The summed E-state index contributed by atoms with van der Waals surface area (Å²) in [5, 5.41) is 4.92. The van der Waals surface area contributed by atoms with Crippen molar-refractivity contribution >= 4 is 22.9 Å². The predicted molar refractivity (Wildman–Crippen MR) is 114 cm³/mol. The van der Waals surface area contributed by atoms with E-state index in [-0.39, 0.29) is 5.91 Å². The molecule has 0 atom stereocenters. The number of nitrogens with zero attached hydrogens (tertiary/aromatic N) is 3. The molecule has 0 unspecified atom stereocenters. The molecule has 1 amide bonds. The van der Waals surface area contributed by atoms with Gasteiger partial charge < -0.3 is 14.6 Å². The second kappa shape index (κ2) is 8.28. The van der Waals surface area contributed by atoms with E-state index < -0.39 is 0 Å². The minimum atomic E-state index is -0.182. The van der Waals surface area contributed by atoms with Gasteiger partial charge in [-0.3, -0.25) is 9.78 Å². The summed E-state index contributed by atoms with van der Waals surface area (Å²) in [7, 11) is 0. The van der Waals surface area contributed by atoms with Crippen LogP contribution in [-0.4, -0.2) is 20.4 Å². The van der Waals surface area contributed by atoms with Crippen LogP contribution < -0.4 is 10.1 Å². The molecular weight excluding hydrogens is 384 g/mol. The Morgan fingerprint density at radius 1 is 1.21 bits per heavy atom. The lowest BCUT2D eigenvalue weighted by Crippen LogP contribution is -2.14. The lowest BCUT2D eigenvalue weighted by Gasteiger charge is -2.12. The zero-order chi connectivity index (χ0) is 20.2. The zero-order valence-corrected chi connectivity index (χ0v) is 16.9. The Labute approximate surface area is 172 Å². The Bertz CT molecular complexity index is 1120. The number of benzene rings is 1. The molecule has 7 heteroatoms. The molecule has 0 spiro atoms. The van der Waals surface area contributed by atoms with Gasteiger partial charge in [0.2, 0.25) is 0 Å². The first-order valence-corrected chi connectivity index (χ1v) is 10.1. The highest BCUT2D eigenvalue weighted by Crippen LogP contribution is 2.27. The summed E-state index contributed by atoms with van der Waals surface area (Å²) in [6.45, 7) is 4.26. The highest BCUT2D eigenvalue weighted by Gasteiger charge is 2.18. The minimum absolute atomic E-state index is 0.182. The van der Waals surface area contributed by atoms with Crippen LogP contribution >= 0.6 is 11.3 Å². The van der Waals surface area contributed by atoms with Gasteiger partial charge in [-0.05, 0) is 44.2 Å². The Balaban J connectivity index is 1.56. The predicted octanol–water partition coefficient (Wildman–Crippen LogP) is 4.78. The SMILES string of the molecule is Cc1cc(C(=O)Nc2ccccc2OCc2cscn2)c(C)n1-c1cccnc1. The van der Waals surface area contributed by atoms with E-state index in [0.29, 0.717) is 23.6 Å². The van der Waals surface area contributed by atoms with Crippen molar-refractivity contribution < 1.29 is 9.53 Å². The second-order valence-electron chi connectivity index (χ2n) is 6.55. The van der Waals surface area contributed by atoms with E-state index in [1.54, 1.807) is 17.9 Å². The highest BCUT2D eigenvalue weighted by atomic mass is 32.1. The molecule has 6 nitrogen and oxygen atoms in total. The number of ether oxygens (including phenoxy) is 1. The molecule has 3 heterocycles. The fourth-order valence-corrected chi connectivity index (χ4v) is 3.77. The molecule has 4 aromatic rings. The van der Waals surface area contributed by atoms with Crippen molar-refractivity contribution in [1.29, 1.82) is 0 Å². The van der Waals surface area contributed by atoms with Crippen LogP contribution in [0.3, 0.4) is 0 Å². The van der Waals surface area contributed by atoms with Gasteiger partial charge in [-0.1, -0.05) is 12.1 Å². The Kier molecular flexibility index (Phi) is 5.39. The summed E-state index contributed by atoms with van der Waals surface area (Å²) >= 11 is 1.52. The smallest absolute Gasteiger partial charge is 0.257 e. The molecule has 3 aromatic heterocycles. The van der Waals surface area contributed by atoms with E-state index >= 15 is 0 Å². The average molecular weight is 404 g/mol. The minimum Gasteiger partial charge on any atom is -0.485 e. The number of carbonyl (C=O) groups excluding carboxylic acids is 1. The summed E-state index contributed by atoms with van der Waals surface area (Å²) in [5.74, 6) is 0.424. The number of rotatable bonds is 6. The molecule has 0 aliphatic carbocycles. The van der Waals surface area contributed by atoms with Gasteiger partial charge >= 0.3 is 0 Å². The van der Waals surface area contributed by atoms with Gasteiger partial charge in [-0.15, -0.1) is 11.3 Å². The number of thiazole rings is 1. The Hall–Kier alpha value is -3.45. The number of hydrogen-bond acceptors (Lipinski definition) is 5. The summed E-state index contributed by atoms with van der Waals surface area (Å²) in [6.07, 6.45) is 3.51. The van der Waals surface area contributed by atoms with Crippen molar-refractivity contribution in [1.82, 2.24) is 14.5 Å². The van der Waals surface area contributed by atoms with Crippen LogP contribution in [-0.2, 0) is 6.61 Å². The molecule has 4 rings (SSSR count). The maximum Gasteiger partial charge on any atom is 0.257 e. The lowest BCUT2D eigenvalue weighted by atomic mass is 10.2. The number of amides is 1. The molecular formula is C22H20N4O2S. The summed E-state index contributed by atoms with van der Waals surface area (Å²) in [6, 6.07) is 13.1. The fraction of sp³-hybridized carbons (Fsp3) is 0.136. The first kappa shape index (κ1) is 18.9. The van der Waals surface area contributed by atoms with E-state index in [1.807, 2.05) is 66.3 Å². The summed E-state index contributed by atoms with van der Waals surface area (Å²) in [5.41, 5.74) is 6.61. The van der Waals surface area contributed by atoms with Crippen molar-refractivity contribution in [2.24, 2.45) is 0 Å². The van der Waals surface area contributed by atoms with Crippen LogP contribution in [0.2, 0.25) is 0 Å². The molecule has 0 saturated carbocycles. The first-order valence-electron chi connectivity index (χ1n) is 9.13. The van der Waals surface area contributed by atoms with E-state index in [2.05, 4.69) is 15.3 Å². The van der Waals surface area contributed by atoms with Gasteiger partial charge in [0.05, 0.1) is 34.3 Å². The largest absolute Gasteiger partial charge is 0.485 e. The molecule has 0 saturated heterocycles. The number of pyridine rings is 1. The van der Waals surface area contributed by atoms with Crippen LogP contribution in [0.5, 0.6) is 5.75 Å². The number of aryl methyl sites for hydroxylation is 1. The third kappa shape index (κ3) is 4.05. The van der Waals surface area contributed by atoms with E-state index in [1.165, 1.54) is 11.3 Å². The number of anilines is 1. The van der Waals surface area contributed by atoms with Gasteiger partial charge in [0.15, 0.2) is 0 Å². The van der Waals surface area contributed by atoms with Gasteiger partial charge in [-0.25, -0.2) is 4.98 Å². The average Bonchev–Trinajstić information content (AvgIpc) is 3.35. The molecule has 0 aliphatic heterocycles. The molecule has 0 fully saturated rings. The number of para-hydroxylation sites is 2. The fourth-order valence-electron chi connectivity index (χ4n) is 3.22. The van der Waals surface area contributed by atoms with Gasteiger partial charge in [-0.2, -0.15) is 0 Å². The first-order chi connectivity index (χ1) is 14.1. The van der Waals surface area contributed by atoms with E-state index in [9.17, 15) is 4.79 Å². The molecule has 0 aliphatic rings. The normalized spacial score (nSPS) is 10.7. The third-order valence-electron chi connectivity index (χ3n) is 4.57. The number of carbonyl (C=O) groups is 1. The van der Waals surface area contributed by atoms with Crippen molar-refractivity contribution in [3.05, 3.63) is 88.4 Å². The maximum atomic E-state index is 13.0. The van der Waals surface area contributed by atoms with Crippen LogP contribution in [0, 0.1) is 13.8 Å². The van der Waals surface area contributed by atoms with E-state index in [0.717, 1.165) is 22.8 Å². The van der Waals surface area contributed by atoms with Crippen molar-refractivity contribution in [3.63, 3.8) is 0 Å². The lowest BCUT2D eigenvalue weighted by molar-refractivity contribution is 0.102. The van der Waals surface area contributed by atoms with Crippen LogP contribution in [0.1, 0.15) is 27.4 Å². The summed E-state index contributed by atoms with van der Waals surface area (Å²) in [4.78, 5) is 21.4. The van der Waals surface area contributed by atoms with Gasteiger partial charge in [0.25, 0.3) is 5.91 Å². The quantitative estimate of drug-likeness (QED) is 0.502. The topological polar surface area (TPSA) is 69.0 Å². The van der Waals surface area contributed by atoms with Crippen molar-refractivity contribution in [3.8, 4) is 11.4 Å². The van der Waals surface area contributed by atoms with E-state index in [4.69, 9.17) is 4.74 Å². The monoisotopic (exact) mass is 404 g/mol. The number of nitrogens with one attached hydrogen (secondary N) is 1. The van der Waals surface area contributed by atoms with Crippen molar-refractivity contribution in [2.75, 3.05) is 5.32 Å². The molecule has 146 valence electrons. The highest BCUT2D eigenvalue weighted by molar-refractivity contribution is 7.07. The molecule has 1 aromatic carbocycles. The second-order valence-corrected chi connectivity index (χ2v) is 7.27. The third-order valence-corrected chi connectivity index (χ3v) is 5.21. The van der Waals surface area contributed by atoms with Crippen LogP contribution in [0.15, 0.2) is 65.7 Å². The van der Waals surface area contributed by atoms with Crippen molar-refractivity contribution in [2.45, 2.75) is 20.5 Å². The van der Waals surface area contributed by atoms with Gasteiger partial charge in [0.1, 0.15) is 12.4 Å².